The van der Waals surface area contributed by atoms with Gasteiger partial charge in [-0.05, 0) is 12.8 Å². The largest absolute Gasteiger partial charge is 0.386 e. The molecule has 2 aliphatic rings. The van der Waals surface area contributed by atoms with Crippen molar-refractivity contribution in [2.75, 3.05) is 0 Å². The average molecular weight is 364 g/mol. The van der Waals surface area contributed by atoms with Gasteiger partial charge in [-0.25, -0.2) is 4.98 Å². The van der Waals surface area contributed by atoms with Crippen molar-refractivity contribution in [3.8, 4) is 17.3 Å². The zero-order valence-corrected chi connectivity index (χ0v) is 15.2. The highest BCUT2D eigenvalue weighted by atomic mass is 32.1. The molecular formula is C20H20N4OS. The SMILES string of the molecule is N#C[C@@H]1C(=O)N=C(N)[C@@H](c2nc(-c3ccccc3)cs2)C12CCCCC2. The zero-order valence-electron chi connectivity index (χ0n) is 14.4. The zero-order chi connectivity index (χ0) is 18.1. The van der Waals surface area contributed by atoms with Gasteiger partial charge in [0, 0.05) is 16.4 Å². The van der Waals surface area contributed by atoms with Gasteiger partial charge in [0.15, 0.2) is 0 Å². The van der Waals surface area contributed by atoms with Crippen LogP contribution in [0.1, 0.15) is 43.0 Å². The highest BCUT2D eigenvalue weighted by molar-refractivity contribution is 7.10. The summed E-state index contributed by atoms with van der Waals surface area (Å²) in [5, 5.41) is 12.6. The number of nitrogens with two attached hydrogens (primary N) is 1. The second-order valence-electron chi connectivity index (χ2n) is 7.10. The molecular weight excluding hydrogens is 344 g/mol. The number of carbonyl (C=O) groups is 1. The first-order valence-electron chi connectivity index (χ1n) is 8.94. The number of hydrogen-bond acceptors (Lipinski definition) is 5. The topological polar surface area (TPSA) is 92.1 Å². The van der Waals surface area contributed by atoms with Crippen LogP contribution in [0.25, 0.3) is 11.3 Å². The Morgan fingerprint density at radius 1 is 1.19 bits per heavy atom. The van der Waals surface area contributed by atoms with E-state index in [1.807, 2.05) is 35.7 Å². The molecule has 2 N–H and O–H groups in total. The number of nitriles is 1. The normalized spacial score (nSPS) is 24.9. The fraction of sp³-hybridized carbons (Fsp3) is 0.400. The van der Waals surface area contributed by atoms with E-state index in [1.54, 1.807) is 11.3 Å². The number of hydrogen-bond donors (Lipinski definition) is 1. The van der Waals surface area contributed by atoms with Crippen LogP contribution in [0.15, 0.2) is 40.7 Å². The average Bonchev–Trinajstić information content (AvgIpc) is 3.12. The molecule has 1 saturated carbocycles. The molecule has 0 radical (unpaired) electrons. The molecule has 6 heteroatoms. The molecule has 1 aromatic carbocycles. The third-order valence-corrected chi connectivity index (χ3v) is 6.59. The maximum Gasteiger partial charge on any atom is 0.265 e. The van der Waals surface area contributed by atoms with E-state index in [1.165, 1.54) is 0 Å². The first kappa shape index (κ1) is 16.9. The Bertz CT molecular complexity index is 890. The lowest BCUT2D eigenvalue weighted by molar-refractivity contribution is -0.125. The van der Waals surface area contributed by atoms with Crippen LogP contribution in [-0.4, -0.2) is 16.7 Å². The van der Waals surface area contributed by atoms with E-state index < -0.39 is 11.3 Å². The fourth-order valence-corrected chi connectivity index (χ4v) is 5.53. The molecule has 1 spiro atoms. The Morgan fingerprint density at radius 2 is 1.92 bits per heavy atom. The molecule has 26 heavy (non-hydrogen) atoms. The van der Waals surface area contributed by atoms with Crippen molar-refractivity contribution in [1.29, 1.82) is 5.26 Å². The summed E-state index contributed by atoms with van der Waals surface area (Å²) >= 11 is 1.54. The third-order valence-electron chi connectivity index (χ3n) is 5.68. The molecule has 4 rings (SSSR count). The van der Waals surface area contributed by atoms with Crippen LogP contribution >= 0.6 is 11.3 Å². The fourth-order valence-electron chi connectivity index (χ4n) is 4.47. The van der Waals surface area contributed by atoms with Gasteiger partial charge in [-0.3, -0.25) is 4.79 Å². The summed E-state index contributed by atoms with van der Waals surface area (Å²) in [5.41, 5.74) is 7.73. The van der Waals surface area contributed by atoms with Crippen LogP contribution in [-0.2, 0) is 4.79 Å². The smallest absolute Gasteiger partial charge is 0.265 e. The van der Waals surface area contributed by atoms with Crippen molar-refractivity contribution in [2.45, 2.75) is 38.0 Å². The number of nitrogens with zero attached hydrogens (tertiary/aromatic N) is 3. The summed E-state index contributed by atoms with van der Waals surface area (Å²) < 4.78 is 0. The highest BCUT2D eigenvalue weighted by Crippen LogP contribution is 2.55. The number of amides is 1. The van der Waals surface area contributed by atoms with Crippen molar-refractivity contribution >= 4 is 23.1 Å². The Balaban J connectivity index is 1.80. The first-order chi connectivity index (χ1) is 12.7. The van der Waals surface area contributed by atoms with Gasteiger partial charge < -0.3 is 5.73 Å². The molecule has 5 nitrogen and oxygen atoms in total. The van der Waals surface area contributed by atoms with Crippen LogP contribution in [0.4, 0.5) is 0 Å². The molecule has 0 unspecified atom stereocenters. The lowest BCUT2D eigenvalue weighted by Crippen LogP contribution is -2.50. The predicted molar refractivity (Wildman–Crippen MR) is 102 cm³/mol. The standard InChI is InChI=1S/C20H20N4OS/c21-11-14-18(25)24-17(22)16(20(14)9-5-2-6-10-20)19-23-15(12-26-19)13-7-3-1-4-8-13/h1,3-4,7-8,12,14,16H,2,5-6,9-10H2,(H2,22,24,25)/t14-,16+/m1/s1. The second kappa shape index (κ2) is 6.65. The molecule has 1 aromatic heterocycles. The van der Waals surface area contributed by atoms with E-state index in [9.17, 15) is 10.1 Å². The molecule has 2 atom stereocenters. The molecule has 2 heterocycles. The molecule has 1 fully saturated rings. The van der Waals surface area contributed by atoms with E-state index in [4.69, 9.17) is 10.7 Å². The van der Waals surface area contributed by atoms with Crippen LogP contribution < -0.4 is 5.73 Å². The van der Waals surface area contributed by atoms with E-state index in [0.717, 1.165) is 48.4 Å². The van der Waals surface area contributed by atoms with Crippen LogP contribution in [0.2, 0.25) is 0 Å². The quantitative estimate of drug-likeness (QED) is 0.875. The number of benzene rings is 1. The van der Waals surface area contributed by atoms with Crippen LogP contribution in [0.3, 0.4) is 0 Å². The van der Waals surface area contributed by atoms with Crippen molar-refractivity contribution in [3.63, 3.8) is 0 Å². The van der Waals surface area contributed by atoms with Crippen molar-refractivity contribution in [3.05, 3.63) is 40.7 Å². The van der Waals surface area contributed by atoms with Crippen molar-refractivity contribution < 1.29 is 4.79 Å². The summed E-state index contributed by atoms with van der Waals surface area (Å²) in [6, 6.07) is 12.2. The predicted octanol–water partition coefficient (Wildman–Crippen LogP) is 3.88. The lowest BCUT2D eigenvalue weighted by atomic mass is 9.57. The summed E-state index contributed by atoms with van der Waals surface area (Å²) in [5.74, 6) is -1.06. The monoisotopic (exact) mass is 364 g/mol. The minimum absolute atomic E-state index is 0.257. The molecule has 1 amide bonds. The maximum absolute atomic E-state index is 12.4. The summed E-state index contributed by atoms with van der Waals surface area (Å²) in [4.78, 5) is 21.3. The molecule has 0 saturated heterocycles. The Kier molecular flexibility index (Phi) is 4.33. The Morgan fingerprint density at radius 3 is 2.62 bits per heavy atom. The van der Waals surface area contributed by atoms with Crippen molar-refractivity contribution in [1.82, 2.24) is 4.98 Å². The number of carbonyl (C=O) groups excluding carboxylic acids is 1. The molecule has 0 bridgehead atoms. The third kappa shape index (κ3) is 2.63. The lowest BCUT2D eigenvalue weighted by Gasteiger charge is -2.46. The molecule has 1 aliphatic heterocycles. The number of amidine groups is 1. The van der Waals surface area contributed by atoms with Gasteiger partial charge in [0.2, 0.25) is 0 Å². The van der Waals surface area contributed by atoms with Crippen molar-refractivity contribution in [2.24, 2.45) is 22.1 Å². The number of aromatic nitrogens is 1. The minimum Gasteiger partial charge on any atom is -0.386 e. The van der Waals surface area contributed by atoms with Crippen LogP contribution in [0.5, 0.6) is 0 Å². The Hall–Kier alpha value is -2.52. The second-order valence-corrected chi connectivity index (χ2v) is 7.99. The van der Waals surface area contributed by atoms with Gasteiger partial charge in [-0.1, -0.05) is 49.6 Å². The Labute approximate surface area is 156 Å². The number of rotatable bonds is 2. The molecule has 132 valence electrons. The van der Waals surface area contributed by atoms with E-state index in [2.05, 4.69) is 11.1 Å². The molecule has 2 aromatic rings. The number of thiazole rings is 1. The van der Waals surface area contributed by atoms with Gasteiger partial charge in [0.05, 0.1) is 17.7 Å². The van der Waals surface area contributed by atoms with Gasteiger partial charge >= 0.3 is 0 Å². The highest BCUT2D eigenvalue weighted by Gasteiger charge is 2.55. The van der Waals surface area contributed by atoms with E-state index >= 15 is 0 Å². The molecule has 1 aliphatic carbocycles. The summed E-state index contributed by atoms with van der Waals surface area (Å²) in [7, 11) is 0. The van der Waals surface area contributed by atoms with E-state index in [0.29, 0.717) is 5.84 Å². The summed E-state index contributed by atoms with van der Waals surface area (Å²) in [6.07, 6.45) is 4.78. The van der Waals surface area contributed by atoms with Gasteiger partial charge in [0.1, 0.15) is 16.8 Å². The van der Waals surface area contributed by atoms with Crippen LogP contribution in [0, 0.1) is 22.7 Å². The van der Waals surface area contributed by atoms with Gasteiger partial charge in [0.25, 0.3) is 5.91 Å². The maximum atomic E-state index is 12.4. The summed E-state index contributed by atoms with van der Waals surface area (Å²) in [6.45, 7) is 0. The minimum atomic E-state index is -0.732. The van der Waals surface area contributed by atoms with Gasteiger partial charge in [-0.15, -0.1) is 11.3 Å². The van der Waals surface area contributed by atoms with Gasteiger partial charge in [-0.2, -0.15) is 10.3 Å². The number of aliphatic imine (C=N–C) groups is 1. The van der Waals surface area contributed by atoms with E-state index in [-0.39, 0.29) is 11.8 Å². The first-order valence-corrected chi connectivity index (χ1v) is 9.82.